The largest absolute Gasteiger partial charge is 0.389 e. The molecule has 1 aliphatic rings. The molecule has 7 heteroatoms. The van der Waals surface area contributed by atoms with E-state index in [-0.39, 0.29) is 11.4 Å². The molecule has 0 aliphatic heterocycles. The van der Waals surface area contributed by atoms with Gasteiger partial charge in [-0.25, -0.2) is 13.1 Å². The predicted octanol–water partition coefficient (Wildman–Crippen LogP) is 3.32. The molecule has 1 aliphatic carbocycles. The topological polar surface area (TPSA) is 66.4 Å². The van der Waals surface area contributed by atoms with Gasteiger partial charge in [0.2, 0.25) is 10.0 Å². The second-order valence-corrected chi connectivity index (χ2v) is 8.85. The van der Waals surface area contributed by atoms with Crippen LogP contribution in [0.2, 0.25) is 5.02 Å². The number of sulfonamides is 1. The monoisotopic (exact) mass is 395 g/mol. The van der Waals surface area contributed by atoms with Crippen LogP contribution in [-0.4, -0.2) is 25.7 Å². The summed E-state index contributed by atoms with van der Waals surface area (Å²) in [5.74, 6) is 0.415. The summed E-state index contributed by atoms with van der Waals surface area (Å²) in [6.45, 7) is 2.12. The number of hydrogen-bond acceptors (Lipinski definition) is 3. The molecule has 2 atom stereocenters. The normalized spacial score (nSPS) is 26.8. The first kappa shape index (κ1) is 17.2. The van der Waals surface area contributed by atoms with Crippen molar-refractivity contribution in [3.8, 4) is 0 Å². The molecule has 21 heavy (non-hydrogen) atoms. The van der Waals surface area contributed by atoms with E-state index in [9.17, 15) is 13.5 Å². The maximum Gasteiger partial charge on any atom is 0.240 e. The van der Waals surface area contributed by atoms with Gasteiger partial charge in [-0.05, 0) is 52.9 Å². The Bertz CT molecular complexity index is 623. The summed E-state index contributed by atoms with van der Waals surface area (Å²) in [7, 11) is -3.65. The van der Waals surface area contributed by atoms with Gasteiger partial charge in [-0.15, -0.1) is 0 Å². The van der Waals surface area contributed by atoms with Gasteiger partial charge < -0.3 is 5.11 Å². The summed E-state index contributed by atoms with van der Waals surface area (Å²) in [6, 6.07) is 4.43. The smallest absolute Gasteiger partial charge is 0.240 e. The molecule has 1 saturated carbocycles. The van der Waals surface area contributed by atoms with Crippen molar-refractivity contribution in [2.24, 2.45) is 5.92 Å². The first-order chi connectivity index (χ1) is 9.72. The Labute approximate surface area is 139 Å². The fourth-order valence-electron chi connectivity index (χ4n) is 2.75. The Hall–Kier alpha value is -0.140. The van der Waals surface area contributed by atoms with Gasteiger partial charge in [-0.3, -0.25) is 0 Å². The first-order valence-corrected chi connectivity index (χ1v) is 9.54. The Morgan fingerprint density at radius 3 is 2.86 bits per heavy atom. The maximum atomic E-state index is 12.3. The van der Waals surface area contributed by atoms with E-state index in [0.29, 0.717) is 28.3 Å². The van der Waals surface area contributed by atoms with Crippen LogP contribution in [0.3, 0.4) is 0 Å². The molecule has 2 unspecified atom stereocenters. The lowest BCUT2D eigenvalue weighted by molar-refractivity contribution is -0.00751. The van der Waals surface area contributed by atoms with Crippen LogP contribution in [0, 0.1) is 5.92 Å². The van der Waals surface area contributed by atoms with E-state index in [1.807, 2.05) is 0 Å². The highest BCUT2D eigenvalue weighted by Gasteiger charge is 2.33. The highest BCUT2D eigenvalue weighted by atomic mass is 79.9. The molecule has 0 heterocycles. The van der Waals surface area contributed by atoms with Crippen molar-refractivity contribution in [1.82, 2.24) is 4.72 Å². The molecule has 4 nitrogen and oxygen atoms in total. The van der Waals surface area contributed by atoms with Gasteiger partial charge in [-0.1, -0.05) is 31.4 Å². The van der Waals surface area contributed by atoms with E-state index >= 15 is 0 Å². The lowest BCUT2D eigenvalue weighted by Gasteiger charge is -2.35. The summed E-state index contributed by atoms with van der Waals surface area (Å²) < 4.78 is 27.6. The van der Waals surface area contributed by atoms with Crippen molar-refractivity contribution in [2.45, 2.75) is 43.1 Å². The van der Waals surface area contributed by atoms with Crippen molar-refractivity contribution in [3.63, 3.8) is 0 Å². The second-order valence-electron chi connectivity index (χ2n) is 5.83. The van der Waals surface area contributed by atoms with Crippen LogP contribution in [-0.2, 0) is 10.0 Å². The van der Waals surface area contributed by atoms with Crippen LogP contribution in [0.4, 0.5) is 0 Å². The predicted molar refractivity (Wildman–Crippen MR) is 86.9 cm³/mol. The third-order valence-electron chi connectivity index (χ3n) is 3.86. The van der Waals surface area contributed by atoms with Crippen molar-refractivity contribution < 1.29 is 13.5 Å². The molecular weight excluding hydrogens is 378 g/mol. The quantitative estimate of drug-likeness (QED) is 0.820. The van der Waals surface area contributed by atoms with E-state index < -0.39 is 15.6 Å². The fourth-order valence-corrected chi connectivity index (χ4v) is 4.54. The first-order valence-electron chi connectivity index (χ1n) is 6.89. The van der Waals surface area contributed by atoms with Crippen LogP contribution in [0.25, 0.3) is 0 Å². The molecule has 0 saturated heterocycles. The molecule has 118 valence electrons. The van der Waals surface area contributed by atoms with E-state index in [0.717, 1.165) is 12.8 Å². The molecular formula is C14H19BrClNO3S. The van der Waals surface area contributed by atoms with Gasteiger partial charge in [0.15, 0.2) is 0 Å². The fraction of sp³-hybridized carbons (Fsp3) is 0.571. The van der Waals surface area contributed by atoms with Crippen molar-refractivity contribution in [3.05, 3.63) is 27.7 Å². The number of benzene rings is 1. The molecule has 2 rings (SSSR count). The molecule has 0 amide bonds. The Balaban J connectivity index is 2.09. The summed E-state index contributed by atoms with van der Waals surface area (Å²) in [5, 5.41) is 10.9. The van der Waals surface area contributed by atoms with Gasteiger partial charge >= 0.3 is 0 Å². The molecule has 0 aromatic heterocycles. The standard InChI is InChI=1S/C14H19BrClNO3S/c1-10-3-2-6-14(18,8-10)9-17-21(19,20)11-4-5-13(16)12(15)7-11/h4-5,7,10,17-18H,2-3,6,8-9H2,1H3. The third-order valence-corrected chi connectivity index (χ3v) is 6.47. The van der Waals surface area contributed by atoms with Crippen molar-refractivity contribution in [2.75, 3.05) is 6.54 Å². The minimum absolute atomic E-state index is 0.0416. The minimum Gasteiger partial charge on any atom is -0.389 e. The van der Waals surface area contributed by atoms with Gasteiger partial charge in [-0.2, -0.15) is 0 Å². The lowest BCUT2D eigenvalue weighted by Crippen LogP contribution is -2.45. The minimum atomic E-state index is -3.65. The lowest BCUT2D eigenvalue weighted by atomic mass is 9.79. The zero-order valence-electron chi connectivity index (χ0n) is 11.8. The summed E-state index contributed by atoms with van der Waals surface area (Å²) in [4.78, 5) is 0.131. The van der Waals surface area contributed by atoms with Crippen LogP contribution in [0.1, 0.15) is 32.6 Å². The highest BCUT2D eigenvalue weighted by Crippen LogP contribution is 2.32. The van der Waals surface area contributed by atoms with Crippen molar-refractivity contribution in [1.29, 1.82) is 0 Å². The van der Waals surface area contributed by atoms with Gasteiger partial charge in [0, 0.05) is 11.0 Å². The SMILES string of the molecule is CC1CCCC(O)(CNS(=O)(=O)c2ccc(Cl)c(Br)c2)C1. The molecule has 0 bridgehead atoms. The molecule has 0 radical (unpaired) electrons. The summed E-state index contributed by atoms with van der Waals surface area (Å²) in [6.07, 6.45) is 3.26. The second kappa shape index (κ2) is 6.54. The molecule has 0 spiro atoms. The van der Waals surface area contributed by atoms with Gasteiger partial charge in [0.25, 0.3) is 0 Å². The van der Waals surface area contributed by atoms with Crippen LogP contribution < -0.4 is 4.72 Å². The van der Waals surface area contributed by atoms with Crippen LogP contribution >= 0.6 is 27.5 Å². The number of aliphatic hydroxyl groups is 1. The number of nitrogens with one attached hydrogen (secondary N) is 1. The Kier molecular flexibility index (Phi) is 5.36. The van der Waals surface area contributed by atoms with Gasteiger partial charge in [0.1, 0.15) is 0 Å². The van der Waals surface area contributed by atoms with E-state index in [1.165, 1.54) is 18.2 Å². The van der Waals surface area contributed by atoms with Gasteiger partial charge in [0.05, 0.1) is 15.5 Å². The molecule has 1 aromatic rings. The van der Waals surface area contributed by atoms with Crippen LogP contribution in [0.15, 0.2) is 27.6 Å². The molecule has 1 aromatic carbocycles. The van der Waals surface area contributed by atoms with E-state index in [4.69, 9.17) is 11.6 Å². The molecule has 1 fully saturated rings. The average molecular weight is 397 g/mol. The number of rotatable bonds is 4. The Morgan fingerprint density at radius 2 is 2.24 bits per heavy atom. The van der Waals surface area contributed by atoms with E-state index in [1.54, 1.807) is 0 Å². The summed E-state index contributed by atoms with van der Waals surface area (Å²) in [5.41, 5.74) is -0.950. The highest BCUT2D eigenvalue weighted by molar-refractivity contribution is 9.10. The van der Waals surface area contributed by atoms with E-state index in [2.05, 4.69) is 27.6 Å². The van der Waals surface area contributed by atoms with Crippen molar-refractivity contribution >= 4 is 37.6 Å². The van der Waals surface area contributed by atoms with Crippen LogP contribution in [0.5, 0.6) is 0 Å². The maximum absolute atomic E-state index is 12.3. The number of halogens is 2. The third kappa shape index (κ3) is 4.42. The zero-order valence-corrected chi connectivity index (χ0v) is 14.9. The Morgan fingerprint density at radius 1 is 1.52 bits per heavy atom. The zero-order chi connectivity index (χ0) is 15.7. The number of hydrogen-bond donors (Lipinski definition) is 2. The summed E-state index contributed by atoms with van der Waals surface area (Å²) >= 11 is 9.08. The molecule has 2 N–H and O–H groups in total. The average Bonchev–Trinajstić information content (AvgIpc) is 2.40.